The minimum Gasteiger partial charge on any atom is -0.396 e. The molecule has 3 heteroatoms. The molecule has 1 heterocycles. The summed E-state index contributed by atoms with van der Waals surface area (Å²) in [6.45, 7) is 0.294. The summed E-state index contributed by atoms with van der Waals surface area (Å²) in [5, 5.41) is 17.2. The average Bonchev–Trinajstić information content (AvgIpc) is 3.21. The maximum Gasteiger partial charge on any atom is 0.0651 e. The van der Waals surface area contributed by atoms with Gasteiger partial charge in [0.1, 0.15) is 0 Å². The minimum atomic E-state index is 0.294. The SMILES string of the molecule is OC[C@@H]1C[C@H]1c1ccc(C#Cc2ccc3[nH]ncc3c2)cc1. The van der Waals surface area contributed by atoms with Crippen LogP contribution in [0.3, 0.4) is 0 Å². The Kier molecular flexibility index (Phi) is 3.17. The fourth-order valence-corrected chi connectivity index (χ4v) is 2.84. The standard InChI is InChI=1S/C19H16N2O/c22-12-17-10-18(17)15-6-3-13(4-7-15)1-2-14-5-8-19-16(9-14)11-20-21-19/h3-9,11,17-18,22H,10,12H2,(H,20,21)/t17-,18-/m0/s1. The molecule has 1 aromatic heterocycles. The van der Waals surface area contributed by atoms with Gasteiger partial charge in [-0.25, -0.2) is 0 Å². The predicted octanol–water partition coefficient (Wildman–Crippen LogP) is 3.06. The number of hydrogen-bond donors (Lipinski definition) is 2. The highest BCUT2D eigenvalue weighted by Crippen LogP contribution is 2.46. The Morgan fingerprint density at radius 1 is 1.09 bits per heavy atom. The molecule has 2 N–H and O–H groups in total. The van der Waals surface area contributed by atoms with E-state index in [2.05, 4.69) is 46.3 Å². The van der Waals surface area contributed by atoms with Crippen molar-refractivity contribution in [1.29, 1.82) is 0 Å². The van der Waals surface area contributed by atoms with E-state index in [4.69, 9.17) is 5.11 Å². The van der Waals surface area contributed by atoms with Crippen molar-refractivity contribution in [3.63, 3.8) is 0 Å². The Hall–Kier alpha value is -2.57. The van der Waals surface area contributed by atoms with Gasteiger partial charge in [-0.3, -0.25) is 5.10 Å². The third-order valence-corrected chi connectivity index (χ3v) is 4.29. The molecular formula is C19H16N2O. The van der Waals surface area contributed by atoms with Crippen LogP contribution in [0.2, 0.25) is 0 Å². The van der Waals surface area contributed by atoms with E-state index in [0.29, 0.717) is 18.4 Å². The van der Waals surface area contributed by atoms with Crippen molar-refractivity contribution in [2.75, 3.05) is 6.61 Å². The predicted molar refractivity (Wildman–Crippen MR) is 86.4 cm³/mol. The zero-order chi connectivity index (χ0) is 14.9. The first kappa shape index (κ1) is 13.1. The molecule has 0 radical (unpaired) electrons. The summed E-state index contributed by atoms with van der Waals surface area (Å²) in [7, 11) is 0. The Morgan fingerprint density at radius 3 is 2.64 bits per heavy atom. The number of fused-ring (bicyclic) bond motifs is 1. The smallest absolute Gasteiger partial charge is 0.0651 e. The highest BCUT2D eigenvalue weighted by Gasteiger charge is 2.37. The molecule has 4 rings (SSSR count). The van der Waals surface area contributed by atoms with Crippen LogP contribution in [0.15, 0.2) is 48.7 Å². The summed E-state index contributed by atoms with van der Waals surface area (Å²) in [5.74, 6) is 7.39. The van der Waals surface area contributed by atoms with Crippen molar-refractivity contribution in [2.24, 2.45) is 5.92 Å². The molecule has 1 fully saturated rings. The van der Waals surface area contributed by atoms with E-state index in [-0.39, 0.29) is 0 Å². The zero-order valence-corrected chi connectivity index (χ0v) is 12.1. The third-order valence-electron chi connectivity index (χ3n) is 4.29. The van der Waals surface area contributed by atoms with Crippen LogP contribution in [-0.2, 0) is 0 Å². The van der Waals surface area contributed by atoms with Crippen LogP contribution >= 0.6 is 0 Å². The topological polar surface area (TPSA) is 48.9 Å². The van der Waals surface area contributed by atoms with Gasteiger partial charge in [0.05, 0.1) is 11.7 Å². The van der Waals surface area contributed by atoms with E-state index in [1.54, 1.807) is 0 Å². The summed E-state index contributed by atoms with van der Waals surface area (Å²) in [6, 6.07) is 14.4. The molecule has 0 bridgehead atoms. The van der Waals surface area contributed by atoms with E-state index in [9.17, 15) is 0 Å². The molecule has 1 aliphatic carbocycles. The second kappa shape index (κ2) is 5.32. The van der Waals surface area contributed by atoms with E-state index in [1.807, 2.05) is 24.4 Å². The molecule has 0 aliphatic heterocycles. The fraction of sp³-hybridized carbons (Fsp3) is 0.211. The summed E-state index contributed by atoms with van der Waals surface area (Å²) in [4.78, 5) is 0. The fourth-order valence-electron chi connectivity index (χ4n) is 2.84. The molecule has 0 amide bonds. The molecule has 0 spiro atoms. The molecule has 0 unspecified atom stereocenters. The first-order valence-corrected chi connectivity index (χ1v) is 7.49. The lowest BCUT2D eigenvalue weighted by atomic mass is 10.1. The highest BCUT2D eigenvalue weighted by atomic mass is 16.3. The maximum absolute atomic E-state index is 9.13. The van der Waals surface area contributed by atoms with Gasteiger partial charge in [0.15, 0.2) is 0 Å². The van der Waals surface area contributed by atoms with Gasteiger partial charge in [-0.15, -0.1) is 0 Å². The number of nitrogens with zero attached hydrogens (tertiary/aromatic N) is 1. The van der Waals surface area contributed by atoms with Gasteiger partial charge in [-0.1, -0.05) is 24.0 Å². The van der Waals surface area contributed by atoms with E-state index < -0.39 is 0 Å². The highest BCUT2D eigenvalue weighted by molar-refractivity contribution is 5.79. The Morgan fingerprint density at radius 2 is 1.86 bits per heavy atom. The van der Waals surface area contributed by atoms with Crippen molar-refractivity contribution in [3.05, 3.63) is 65.4 Å². The van der Waals surface area contributed by atoms with Crippen LogP contribution in [0.25, 0.3) is 10.9 Å². The van der Waals surface area contributed by atoms with Crippen molar-refractivity contribution >= 4 is 10.9 Å². The number of hydrogen-bond acceptors (Lipinski definition) is 2. The molecule has 3 nitrogen and oxygen atoms in total. The molecule has 1 saturated carbocycles. The second-order valence-corrected chi connectivity index (χ2v) is 5.83. The number of aromatic nitrogens is 2. The molecule has 2 atom stereocenters. The average molecular weight is 288 g/mol. The summed E-state index contributed by atoms with van der Waals surface area (Å²) >= 11 is 0. The van der Waals surface area contributed by atoms with Crippen molar-refractivity contribution in [3.8, 4) is 11.8 Å². The first-order chi connectivity index (χ1) is 10.8. The van der Waals surface area contributed by atoms with Crippen LogP contribution < -0.4 is 0 Å². The monoisotopic (exact) mass is 288 g/mol. The van der Waals surface area contributed by atoms with Gasteiger partial charge in [-0.05, 0) is 54.2 Å². The first-order valence-electron chi connectivity index (χ1n) is 7.49. The second-order valence-electron chi connectivity index (χ2n) is 5.83. The number of aromatic amines is 1. The maximum atomic E-state index is 9.13. The van der Waals surface area contributed by atoms with Gasteiger partial charge >= 0.3 is 0 Å². The van der Waals surface area contributed by atoms with Gasteiger partial charge < -0.3 is 5.11 Å². The van der Waals surface area contributed by atoms with Crippen LogP contribution in [0.5, 0.6) is 0 Å². The quantitative estimate of drug-likeness (QED) is 0.712. The normalized spacial score (nSPS) is 19.7. The summed E-state index contributed by atoms with van der Waals surface area (Å²) in [5.41, 5.74) is 4.33. The van der Waals surface area contributed by atoms with Gasteiger partial charge in [0.2, 0.25) is 0 Å². The van der Waals surface area contributed by atoms with Crippen LogP contribution in [0.1, 0.15) is 29.0 Å². The minimum absolute atomic E-state index is 0.294. The number of H-pyrrole nitrogens is 1. The third kappa shape index (κ3) is 2.49. The van der Waals surface area contributed by atoms with E-state index in [1.165, 1.54) is 5.56 Å². The molecule has 22 heavy (non-hydrogen) atoms. The van der Waals surface area contributed by atoms with Gasteiger partial charge in [0.25, 0.3) is 0 Å². The van der Waals surface area contributed by atoms with E-state index in [0.717, 1.165) is 28.5 Å². The number of rotatable bonds is 2. The van der Waals surface area contributed by atoms with Crippen LogP contribution in [-0.4, -0.2) is 21.9 Å². The lowest BCUT2D eigenvalue weighted by Crippen LogP contribution is -1.88. The van der Waals surface area contributed by atoms with Gasteiger partial charge in [-0.2, -0.15) is 5.10 Å². The Labute approximate surface area is 129 Å². The molecule has 2 aromatic carbocycles. The van der Waals surface area contributed by atoms with Crippen LogP contribution in [0.4, 0.5) is 0 Å². The Balaban J connectivity index is 1.53. The number of aliphatic hydroxyl groups is 1. The number of benzene rings is 2. The van der Waals surface area contributed by atoms with Crippen molar-refractivity contribution in [1.82, 2.24) is 10.2 Å². The molecule has 3 aromatic rings. The Bertz CT molecular complexity index is 868. The van der Waals surface area contributed by atoms with Crippen molar-refractivity contribution < 1.29 is 5.11 Å². The van der Waals surface area contributed by atoms with Crippen LogP contribution in [0, 0.1) is 17.8 Å². The van der Waals surface area contributed by atoms with Gasteiger partial charge in [0, 0.05) is 23.1 Å². The lowest BCUT2D eigenvalue weighted by Gasteiger charge is -1.99. The number of aliphatic hydroxyl groups excluding tert-OH is 1. The molecule has 108 valence electrons. The largest absolute Gasteiger partial charge is 0.396 e. The van der Waals surface area contributed by atoms with Crippen molar-refractivity contribution in [2.45, 2.75) is 12.3 Å². The summed E-state index contributed by atoms with van der Waals surface area (Å²) < 4.78 is 0. The molecular weight excluding hydrogens is 272 g/mol. The lowest BCUT2D eigenvalue weighted by molar-refractivity contribution is 0.274. The van der Waals surface area contributed by atoms with E-state index >= 15 is 0 Å². The molecule has 0 saturated heterocycles. The number of nitrogens with one attached hydrogen (secondary N) is 1. The summed E-state index contributed by atoms with van der Waals surface area (Å²) in [6.07, 6.45) is 2.91. The zero-order valence-electron chi connectivity index (χ0n) is 12.1. The molecule has 1 aliphatic rings.